The molecule has 1 aromatic rings. The zero-order valence-corrected chi connectivity index (χ0v) is 10.7. The van der Waals surface area contributed by atoms with Crippen LogP contribution in [0.4, 0.5) is 4.79 Å². The lowest BCUT2D eigenvalue weighted by Crippen LogP contribution is -2.62. The van der Waals surface area contributed by atoms with E-state index in [-0.39, 0.29) is 17.8 Å². The number of aromatic hydroxyl groups is 1. The van der Waals surface area contributed by atoms with Gasteiger partial charge in [-0.3, -0.25) is 0 Å². The predicted octanol–water partition coefficient (Wildman–Crippen LogP) is 2.01. The van der Waals surface area contributed by atoms with Gasteiger partial charge in [0.2, 0.25) is 0 Å². The van der Waals surface area contributed by atoms with Gasteiger partial charge in [0.15, 0.2) is 5.72 Å². The van der Waals surface area contributed by atoms with Crippen molar-refractivity contribution < 1.29 is 14.6 Å². The number of hydrogen-bond acceptors (Lipinski definition) is 3. The zero-order chi connectivity index (χ0) is 12.2. The summed E-state index contributed by atoms with van der Waals surface area (Å²) in [6.07, 6.45) is 0.627. The first-order valence-corrected chi connectivity index (χ1v) is 6.06. The number of nitrogens with one attached hydrogen (secondary N) is 2. The average Bonchev–Trinajstić information content (AvgIpc) is 2.19. The molecule has 2 bridgehead atoms. The number of ether oxygens (including phenoxy) is 1. The van der Waals surface area contributed by atoms with Crippen LogP contribution >= 0.6 is 15.9 Å². The molecule has 6 heteroatoms. The van der Waals surface area contributed by atoms with Crippen LogP contribution in [0, 0.1) is 0 Å². The van der Waals surface area contributed by atoms with Crippen LogP contribution in [-0.4, -0.2) is 16.9 Å². The molecular formula is C11H11BrN2O3. The first-order chi connectivity index (χ1) is 7.97. The Bertz CT molecular complexity index is 520. The minimum atomic E-state index is -0.695. The molecule has 90 valence electrons. The Balaban J connectivity index is 2.16. The van der Waals surface area contributed by atoms with Gasteiger partial charge in [-0.05, 0) is 35.0 Å². The van der Waals surface area contributed by atoms with E-state index in [1.807, 2.05) is 6.92 Å². The van der Waals surface area contributed by atoms with Crippen molar-refractivity contribution in [3.8, 4) is 11.5 Å². The van der Waals surface area contributed by atoms with E-state index in [4.69, 9.17) is 4.74 Å². The maximum Gasteiger partial charge on any atom is 0.318 e. The van der Waals surface area contributed by atoms with E-state index in [0.717, 1.165) is 5.56 Å². The van der Waals surface area contributed by atoms with Gasteiger partial charge < -0.3 is 20.5 Å². The molecule has 3 N–H and O–H groups in total. The minimum absolute atomic E-state index is 0.138. The average molecular weight is 299 g/mol. The molecule has 2 aliphatic heterocycles. The summed E-state index contributed by atoms with van der Waals surface area (Å²) in [6.45, 7) is 1.83. The first-order valence-electron chi connectivity index (χ1n) is 5.27. The molecule has 0 radical (unpaired) electrons. The summed E-state index contributed by atoms with van der Waals surface area (Å²) >= 11 is 3.35. The number of hydrogen-bond donors (Lipinski definition) is 3. The van der Waals surface area contributed by atoms with Crippen molar-refractivity contribution in [3.63, 3.8) is 0 Å². The fourth-order valence-corrected chi connectivity index (χ4v) is 2.92. The first kappa shape index (κ1) is 10.7. The zero-order valence-electron chi connectivity index (χ0n) is 9.08. The van der Waals surface area contributed by atoms with Crippen LogP contribution in [0.5, 0.6) is 11.5 Å². The second kappa shape index (κ2) is 3.29. The van der Waals surface area contributed by atoms with Gasteiger partial charge in [0, 0.05) is 12.0 Å². The number of carbonyl (C=O) groups excluding carboxylic acids is 1. The molecule has 0 saturated carbocycles. The summed E-state index contributed by atoms with van der Waals surface area (Å²) < 4.78 is 6.50. The quantitative estimate of drug-likeness (QED) is 0.686. The van der Waals surface area contributed by atoms with Gasteiger partial charge in [-0.1, -0.05) is 0 Å². The second-order valence-corrected chi connectivity index (χ2v) is 5.39. The van der Waals surface area contributed by atoms with Gasteiger partial charge in [0.05, 0.1) is 10.5 Å². The van der Waals surface area contributed by atoms with Crippen LogP contribution in [0.15, 0.2) is 16.6 Å². The summed E-state index contributed by atoms with van der Waals surface area (Å²) in [6, 6.07) is 2.80. The highest BCUT2D eigenvalue weighted by atomic mass is 79.9. The van der Waals surface area contributed by atoms with E-state index < -0.39 is 5.72 Å². The number of phenols is 1. The normalized spacial score (nSPS) is 29.8. The molecular weight excluding hydrogens is 288 g/mol. The van der Waals surface area contributed by atoms with Crippen LogP contribution in [0.1, 0.15) is 24.9 Å². The third-order valence-electron chi connectivity index (χ3n) is 3.04. The lowest BCUT2D eigenvalue weighted by molar-refractivity contribution is 0.0110. The molecule has 2 heterocycles. The maximum absolute atomic E-state index is 11.5. The summed E-state index contributed by atoms with van der Waals surface area (Å²) in [5, 5.41) is 15.2. The van der Waals surface area contributed by atoms with Crippen molar-refractivity contribution in [2.24, 2.45) is 0 Å². The molecule has 0 spiro atoms. The number of phenolic OH excluding ortho intramolecular Hbond substituents is 1. The van der Waals surface area contributed by atoms with Crippen molar-refractivity contribution in [1.82, 2.24) is 10.6 Å². The summed E-state index contributed by atoms with van der Waals surface area (Å²) in [5.41, 5.74) is 0.101. The van der Waals surface area contributed by atoms with Crippen LogP contribution in [0.25, 0.3) is 0 Å². The van der Waals surface area contributed by atoms with Crippen molar-refractivity contribution in [2.45, 2.75) is 25.1 Å². The Labute approximate surface area is 106 Å². The Hall–Kier alpha value is -1.43. The van der Waals surface area contributed by atoms with Crippen LogP contribution < -0.4 is 15.4 Å². The number of rotatable bonds is 0. The molecule has 0 aliphatic carbocycles. The third kappa shape index (κ3) is 1.63. The Morgan fingerprint density at radius 3 is 3.12 bits per heavy atom. The maximum atomic E-state index is 11.5. The van der Waals surface area contributed by atoms with Gasteiger partial charge in [0.1, 0.15) is 11.5 Å². The highest BCUT2D eigenvalue weighted by Gasteiger charge is 2.44. The second-order valence-electron chi connectivity index (χ2n) is 4.53. The lowest BCUT2D eigenvalue weighted by Gasteiger charge is -2.44. The lowest BCUT2D eigenvalue weighted by atomic mass is 9.92. The van der Waals surface area contributed by atoms with Crippen LogP contribution in [0.2, 0.25) is 0 Å². The molecule has 2 unspecified atom stereocenters. The van der Waals surface area contributed by atoms with Gasteiger partial charge in [-0.2, -0.15) is 0 Å². The Morgan fingerprint density at radius 1 is 1.59 bits per heavy atom. The van der Waals surface area contributed by atoms with Crippen molar-refractivity contribution in [1.29, 1.82) is 0 Å². The number of halogens is 1. The summed E-state index contributed by atoms with van der Waals surface area (Å²) in [4.78, 5) is 11.5. The summed E-state index contributed by atoms with van der Waals surface area (Å²) in [5.74, 6) is 0.810. The third-order valence-corrected chi connectivity index (χ3v) is 3.63. The van der Waals surface area contributed by atoms with Gasteiger partial charge >= 0.3 is 6.03 Å². The van der Waals surface area contributed by atoms with E-state index in [1.54, 1.807) is 12.1 Å². The number of fused-ring (bicyclic) bond motifs is 4. The Kier molecular flexibility index (Phi) is 2.07. The van der Waals surface area contributed by atoms with Gasteiger partial charge in [-0.15, -0.1) is 0 Å². The molecule has 5 nitrogen and oxygen atoms in total. The molecule has 2 atom stereocenters. The van der Waals surface area contributed by atoms with E-state index >= 15 is 0 Å². The minimum Gasteiger partial charge on any atom is -0.508 e. The fourth-order valence-electron chi connectivity index (χ4n) is 2.37. The van der Waals surface area contributed by atoms with Crippen molar-refractivity contribution >= 4 is 22.0 Å². The van der Waals surface area contributed by atoms with Gasteiger partial charge in [-0.25, -0.2) is 4.79 Å². The number of carbonyl (C=O) groups is 1. The van der Waals surface area contributed by atoms with E-state index in [9.17, 15) is 9.90 Å². The molecule has 0 aromatic heterocycles. The van der Waals surface area contributed by atoms with E-state index in [0.29, 0.717) is 16.6 Å². The molecule has 1 saturated heterocycles. The number of amides is 2. The van der Waals surface area contributed by atoms with E-state index in [1.165, 1.54) is 0 Å². The van der Waals surface area contributed by atoms with E-state index in [2.05, 4.69) is 26.6 Å². The topological polar surface area (TPSA) is 70.6 Å². The van der Waals surface area contributed by atoms with Crippen LogP contribution in [-0.2, 0) is 0 Å². The highest BCUT2D eigenvalue weighted by molar-refractivity contribution is 9.10. The standard InChI is InChI=1S/C11H11BrN2O3/c1-11-4-8(13-10(16)14-11)6-2-5(15)3-7(12)9(6)17-11/h2-3,8,15H,4H2,1H3,(H2,13,14,16). The predicted molar refractivity (Wildman–Crippen MR) is 63.9 cm³/mol. The smallest absolute Gasteiger partial charge is 0.318 e. The molecule has 1 aromatic carbocycles. The molecule has 2 aliphatic rings. The van der Waals surface area contributed by atoms with Crippen molar-refractivity contribution in [2.75, 3.05) is 0 Å². The highest BCUT2D eigenvalue weighted by Crippen LogP contribution is 2.45. The molecule has 17 heavy (non-hydrogen) atoms. The Morgan fingerprint density at radius 2 is 2.35 bits per heavy atom. The fraction of sp³-hybridized carbons (Fsp3) is 0.364. The van der Waals surface area contributed by atoms with Crippen molar-refractivity contribution in [3.05, 3.63) is 22.2 Å². The summed E-state index contributed by atoms with van der Waals surface area (Å²) in [7, 11) is 0. The van der Waals surface area contributed by atoms with Crippen LogP contribution in [0.3, 0.4) is 0 Å². The molecule has 3 rings (SSSR count). The monoisotopic (exact) mass is 298 g/mol. The number of benzene rings is 1. The molecule has 2 amide bonds. The number of urea groups is 1. The molecule has 1 fully saturated rings. The van der Waals surface area contributed by atoms with Gasteiger partial charge in [0.25, 0.3) is 0 Å². The largest absolute Gasteiger partial charge is 0.508 e. The SMILES string of the molecule is CC12CC(NC(=O)N1)c1cc(O)cc(Br)c1O2.